The summed E-state index contributed by atoms with van der Waals surface area (Å²) in [5, 5.41) is 0. The first kappa shape index (κ1) is 16.3. The predicted octanol–water partition coefficient (Wildman–Crippen LogP) is 0.428. The van der Waals surface area contributed by atoms with Gasteiger partial charge in [-0.2, -0.15) is 0 Å². The maximum Gasteiger partial charge on any atom is 0.274 e. The molecule has 3 rings (SSSR count). The van der Waals surface area contributed by atoms with Crippen molar-refractivity contribution < 1.29 is 14.3 Å². The molecular weight excluding hydrogens is 296 g/mol. The summed E-state index contributed by atoms with van der Waals surface area (Å²) in [6, 6.07) is 0.447. The van der Waals surface area contributed by atoms with E-state index in [2.05, 4.69) is 28.7 Å². The summed E-state index contributed by atoms with van der Waals surface area (Å²) >= 11 is 0. The van der Waals surface area contributed by atoms with Crippen LogP contribution >= 0.6 is 0 Å². The minimum absolute atomic E-state index is 0.117. The molecule has 2 aliphatic heterocycles. The standard InChI is InChI=1S/C16H24N4O3/c1-13(2)19-6-8-23-16(10-19)11-20(5-7-22-12-16)15(21)14-9-17-3-4-18-14/h3-4,9,13H,5-8,10-12H2,1-2H3/t16-/m1/s1. The lowest BCUT2D eigenvalue weighted by molar-refractivity contribution is -0.144. The van der Waals surface area contributed by atoms with Gasteiger partial charge < -0.3 is 14.4 Å². The van der Waals surface area contributed by atoms with E-state index in [0.29, 0.717) is 44.6 Å². The fraction of sp³-hybridized carbons (Fsp3) is 0.688. The lowest BCUT2D eigenvalue weighted by Crippen LogP contribution is -2.60. The van der Waals surface area contributed by atoms with Crippen LogP contribution in [-0.4, -0.2) is 83.3 Å². The summed E-state index contributed by atoms with van der Waals surface area (Å²) in [6.07, 6.45) is 4.60. The molecule has 2 fully saturated rings. The zero-order valence-electron chi connectivity index (χ0n) is 13.8. The number of hydrogen-bond acceptors (Lipinski definition) is 6. The molecular formula is C16H24N4O3. The summed E-state index contributed by atoms with van der Waals surface area (Å²) in [6.45, 7) is 8.80. The van der Waals surface area contributed by atoms with Crippen molar-refractivity contribution in [2.45, 2.75) is 25.5 Å². The molecule has 0 unspecified atom stereocenters. The molecule has 1 amide bonds. The van der Waals surface area contributed by atoms with Crippen LogP contribution in [0.1, 0.15) is 24.3 Å². The van der Waals surface area contributed by atoms with Crippen molar-refractivity contribution in [3.8, 4) is 0 Å². The van der Waals surface area contributed by atoms with E-state index in [1.54, 1.807) is 11.1 Å². The quantitative estimate of drug-likeness (QED) is 0.787. The van der Waals surface area contributed by atoms with Gasteiger partial charge in [0, 0.05) is 38.1 Å². The number of amides is 1. The molecule has 1 spiro atoms. The van der Waals surface area contributed by atoms with Crippen molar-refractivity contribution in [3.05, 3.63) is 24.3 Å². The highest BCUT2D eigenvalue weighted by atomic mass is 16.5. The summed E-state index contributed by atoms with van der Waals surface area (Å²) in [4.78, 5) is 24.9. The fourth-order valence-corrected chi connectivity index (χ4v) is 3.15. The Bertz CT molecular complexity index is 539. The number of carbonyl (C=O) groups is 1. The van der Waals surface area contributed by atoms with Gasteiger partial charge in [0.1, 0.15) is 11.3 Å². The van der Waals surface area contributed by atoms with Crippen molar-refractivity contribution in [3.63, 3.8) is 0 Å². The monoisotopic (exact) mass is 320 g/mol. The second-order valence-electron chi connectivity index (χ2n) is 6.47. The van der Waals surface area contributed by atoms with Crippen molar-refractivity contribution in [1.29, 1.82) is 0 Å². The molecule has 0 bridgehead atoms. The van der Waals surface area contributed by atoms with Crippen LogP contribution in [0.3, 0.4) is 0 Å². The summed E-state index contributed by atoms with van der Waals surface area (Å²) in [5.74, 6) is -0.117. The first-order chi connectivity index (χ1) is 11.1. The smallest absolute Gasteiger partial charge is 0.274 e. The number of aromatic nitrogens is 2. The Labute approximate surface area is 136 Å². The van der Waals surface area contributed by atoms with Crippen molar-refractivity contribution in [2.24, 2.45) is 0 Å². The average molecular weight is 320 g/mol. The summed E-state index contributed by atoms with van der Waals surface area (Å²) < 4.78 is 11.8. The van der Waals surface area contributed by atoms with Crippen LogP contribution in [0.2, 0.25) is 0 Å². The van der Waals surface area contributed by atoms with Crippen molar-refractivity contribution >= 4 is 5.91 Å². The van der Waals surface area contributed by atoms with E-state index in [4.69, 9.17) is 9.47 Å². The third-order valence-corrected chi connectivity index (χ3v) is 4.43. The Kier molecular flexibility index (Phi) is 4.89. The predicted molar refractivity (Wildman–Crippen MR) is 84.1 cm³/mol. The van der Waals surface area contributed by atoms with Gasteiger partial charge in [-0.15, -0.1) is 0 Å². The van der Waals surface area contributed by atoms with Crippen LogP contribution < -0.4 is 0 Å². The molecule has 2 aliphatic rings. The third-order valence-electron chi connectivity index (χ3n) is 4.43. The van der Waals surface area contributed by atoms with E-state index in [-0.39, 0.29) is 5.91 Å². The van der Waals surface area contributed by atoms with Crippen LogP contribution in [-0.2, 0) is 9.47 Å². The molecule has 2 saturated heterocycles. The number of carbonyl (C=O) groups excluding carboxylic acids is 1. The molecule has 0 radical (unpaired) electrons. The molecule has 23 heavy (non-hydrogen) atoms. The van der Waals surface area contributed by atoms with Crippen LogP contribution in [0, 0.1) is 0 Å². The van der Waals surface area contributed by atoms with Crippen LogP contribution in [0.25, 0.3) is 0 Å². The third kappa shape index (κ3) is 3.68. The Balaban J connectivity index is 1.77. The largest absolute Gasteiger partial charge is 0.376 e. The highest BCUT2D eigenvalue weighted by molar-refractivity contribution is 5.92. The zero-order valence-corrected chi connectivity index (χ0v) is 13.8. The number of nitrogens with zero attached hydrogens (tertiary/aromatic N) is 4. The van der Waals surface area contributed by atoms with Gasteiger partial charge in [-0.05, 0) is 13.8 Å². The molecule has 1 aromatic heterocycles. The van der Waals surface area contributed by atoms with Gasteiger partial charge in [0.05, 0.1) is 32.6 Å². The molecule has 0 aromatic carbocycles. The van der Waals surface area contributed by atoms with Gasteiger partial charge in [0.25, 0.3) is 5.91 Å². The van der Waals surface area contributed by atoms with Crippen LogP contribution in [0.4, 0.5) is 0 Å². The van der Waals surface area contributed by atoms with Gasteiger partial charge in [-0.3, -0.25) is 14.7 Å². The van der Waals surface area contributed by atoms with E-state index in [0.717, 1.165) is 13.1 Å². The Morgan fingerprint density at radius 2 is 2.13 bits per heavy atom. The fourth-order valence-electron chi connectivity index (χ4n) is 3.15. The minimum atomic E-state index is -0.461. The van der Waals surface area contributed by atoms with Crippen LogP contribution in [0.5, 0.6) is 0 Å². The molecule has 1 aromatic rings. The van der Waals surface area contributed by atoms with E-state index in [1.807, 2.05) is 0 Å². The van der Waals surface area contributed by atoms with Gasteiger partial charge >= 0.3 is 0 Å². The average Bonchev–Trinajstić information content (AvgIpc) is 2.77. The topological polar surface area (TPSA) is 67.8 Å². The second kappa shape index (κ2) is 6.90. The normalized spacial score (nSPS) is 26.5. The first-order valence-electron chi connectivity index (χ1n) is 8.11. The molecule has 7 nitrogen and oxygen atoms in total. The molecule has 7 heteroatoms. The number of hydrogen-bond donors (Lipinski definition) is 0. The van der Waals surface area contributed by atoms with Gasteiger partial charge in [-0.1, -0.05) is 0 Å². The first-order valence-corrected chi connectivity index (χ1v) is 8.11. The minimum Gasteiger partial charge on any atom is -0.376 e. The van der Waals surface area contributed by atoms with E-state index in [1.165, 1.54) is 12.4 Å². The van der Waals surface area contributed by atoms with E-state index in [9.17, 15) is 4.79 Å². The molecule has 0 aliphatic carbocycles. The Morgan fingerprint density at radius 3 is 2.87 bits per heavy atom. The summed E-state index contributed by atoms with van der Waals surface area (Å²) in [7, 11) is 0. The summed E-state index contributed by atoms with van der Waals surface area (Å²) in [5.41, 5.74) is -0.0993. The highest BCUT2D eigenvalue weighted by Crippen LogP contribution is 2.24. The van der Waals surface area contributed by atoms with Crippen LogP contribution in [0.15, 0.2) is 18.6 Å². The Hall–Kier alpha value is -1.57. The molecule has 126 valence electrons. The highest BCUT2D eigenvalue weighted by Gasteiger charge is 2.42. The molecule has 1 atom stereocenters. The van der Waals surface area contributed by atoms with E-state index >= 15 is 0 Å². The molecule has 0 N–H and O–H groups in total. The second-order valence-corrected chi connectivity index (χ2v) is 6.47. The van der Waals surface area contributed by atoms with Crippen molar-refractivity contribution in [2.75, 3.05) is 46.0 Å². The molecule has 3 heterocycles. The Morgan fingerprint density at radius 1 is 1.26 bits per heavy atom. The zero-order chi connectivity index (χ0) is 16.3. The lowest BCUT2D eigenvalue weighted by Gasteiger charge is -2.44. The maximum atomic E-state index is 12.7. The van der Waals surface area contributed by atoms with Crippen molar-refractivity contribution in [1.82, 2.24) is 19.8 Å². The number of morpholine rings is 1. The number of rotatable bonds is 2. The SMILES string of the molecule is CC(C)N1CCO[C@]2(COCCN(C(=O)c3cnccn3)C2)C1. The maximum absolute atomic E-state index is 12.7. The van der Waals surface area contributed by atoms with Gasteiger partial charge in [0.2, 0.25) is 0 Å². The lowest BCUT2D eigenvalue weighted by atomic mass is 10.0. The number of ether oxygens (including phenoxy) is 2. The molecule has 0 saturated carbocycles. The van der Waals surface area contributed by atoms with E-state index < -0.39 is 5.60 Å². The van der Waals surface area contributed by atoms with Gasteiger partial charge in [0.15, 0.2) is 0 Å². The van der Waals surface area contributed by atoms with Gasteiger partial charge in [-0.25, -0.2) is 4.98 Å².